The van der Waals surface area contributed by atoms with Crippen LogP contribution in [0.5, 0.6) is 0 Å². The highest BCUT2D eigenvalue weighted by molar-refractivity contribution is 5.98. The predicted molar refractivity (Wildman–Crippen MR) is 161 cm³/mol. The molecule has 6 N–H and O–H groups in total. The van der Waals surface area contributed by atoms with Gasteiger partial charge in [-0.1, -0.05) is 77.1 Å². The number of carbonyl (C=O) groups is 4. The molecular formula is C33H44O13. The number of allylic oxidation sites excluding steroid dienone is 1. The van der Waals surface area contributed by atoms with Crippen molar-refractivity contribution < 1.29 is 64.0 Å². The SMILES string of the molecule is C=C(CC[C@]12O[C@H](C(=O)O)[C@@](O)(C(=O)O)[C@](C(=O)O)(O1)[C@H](OC(=O)/C=C/[C@H](C)C[C@H](C)CC)[C@H]2O)[C@@H](O)[C@@H](C)Cc1ccccc1. The topological polar surface area (TPSA) is 217 Å². The van der Waals surface area contributed by atoms with Gasteiger partial charge in [-0.25, -0.2) is 19.2 Å². The first-order valence-corrected chi connectivity index (χ1v) is 15.2. The van der Waals surface area contributed by atoms with Gasteiger partial charge in [0.2, 0.25) is 23.1 Å². The van der Waals surface area contributed by atoms with Crippen LogP contribution in [0.1, 0.15) is 58.9 Å². The number of fused-ring (bicyclic) bond motifs is 2. The number of carboxylic acids is 3. The fourth-order valence-corrected chi connectivity index (χ4v) is 6.22. The van der Waals surface area contributed by atoms with Crippen molar-refractivity contribution in [3.05, 3.63) is 60.2 Å². The van der Waals surface area contributed by atoms with Crippen LogP contribution >= 0.6 is 0 Å². The lowest BCUT2D eigenvalue weighted by atomic mass is 9.74. The number of carbonyl (C=O) groups excluding carboxylic acids is 1. The van der Waals surface area contributed by atoms with Crippen molar-refractivity contribution in [2.75, 3.05) is 0 Å². The minimum Gasteiger partial charge on any atom is -0.479 e. The number of aliphatic hydroxyl groups is 3. The molecule has 46 heavy (non-hydrogen) atoms. The molecule has 0 unspecified atom stereocenters. The molecule has 2 saturated heterocycles. The van der Waals surface area contributed by atoms with Gasteiger partial charge < -0.3 is 44.8 Å². The van der Waals surface area contributed by atoms with Crippen molar-refractivity contribution in [1.82, 2.24) is 0 Å². The van der Waals surface area contributed by atoms with E-state index in [1.54, 1.807) is 6.92 Å². The number of benzene rings is 1. The summed E-state index contributed by atoms with van der Waals surface area (Å²) in [6.45, 7) is 11.5. The number of hydrogen-bond donors (Lipinski definition) is 6. The quantitative estimate of drug-likeness (QED) is 0.0863. The Bertz CT molecular complexity index is 1330. The van der Waals surface area contributed by atoms with Crippen LogP contribution in [-0.4, -0.2) is 95.9 Å². The van der Waals surface area contributed by atoms with Gasteiger partial charge in [-0.3, -0.25) is 0 Å². The van der Waals surface area contributed by atoms with Crippen LogP contribution in [0.4, 0.5) is 0 Å². The summed E-state index contributed by atoms with van der Waals surface area (Å²) in [4.78, 5) is 50.5. The number of hydrogen-bond acceptors (Lipinski definition) is 10. The van der Waals surface area contributed by atoms with Gasteiger partial charge in [0.25, 0.3) is 0 Å². The normalized spacial score (nSPS) is 31.5. The minimum atomic E-state index is -3.87. The Morgan fingerprint density at radius 2 is 1.70 bits per heavy atom. The smallest absolute Gasteiger partial charge is 0.344 e. The van der Waals surface area contributed by atoms with Gasteiger partial charge in [-0.05, 0) is 48.2 Å². The molecule has 0 aromatic heterocycles. The van der Waals surface area contributed by atoms with Crippen molar-refractivity contribution in [2.45, 2.75) is 101 Å². The van der Waals surface area contributed by atoms with Gasteiger partial charge in [0, 0.05) is 12.5 Å². The monoisotopic (exact) mass is 648 g/mol. The first-order chi connectivity index (χ1) is 21.5. The van der Waals surface area contributed by atoms with E-state index in [2.05, 4.69) is 6.58 Å². The van der Waals surface area contributed by atoms with Crippen molar-refractivity contribution in [1.29, 1.82) is 0 Å². The number of aliphatic carboxylic acids is 3. The van der Waals surface area contributed by atoms with E-state index in [0.29, 0.717) is 18.8 Å². The summed E-state index contributed by atoms with van der Waals surface area (Å²) in [7, 11) is 0. The van der Waals surface area contributed by atoms with Gasteiger partial charge in [0.1, 0.15) is 6.10 Å². The maximum atomic E-state index is 12.9. The lowest BCUT2D eigenvalue weighted by molar-refractivity contribution is -0.374. The van der Waals surface area contributed by atoms with E-state index in [1.165, 1.54) is 6.08 Å². The van der Waals surface area contributed by atoms with Crippen LogP contribution in [0.2, 0.25) is 0 Å². The third kappa shape index (κ3) is 6.88. The molecule has 0 saturated carbocycles. The molecule has 0 radical (unpaired) electrons. The zero-order valence-corrected chi connectivity index (χ0v) is 26.4. The number of esters is 1. The second kappa shape index (κ2) is 14.4. The van der Waals surface area contributed by atoms with E-state index in [0.717, 1.165) is 18.1 Å². The highest BCUT2D eigenvalue weighted by Gasteiger charge is 2.85. The van der Waals surface area contributed by atoms with E-state index in [9.17, 15) is 49.8 Å². The molecule has 10 atom stereocenters. The molecule has 2 aliphatic rings. The molecule has 3 rings (SSSR count). The standard InChI is InChI=1S/C33H44O13/c1-6-18(2)16-19(3)12-13-23(34)44-26-25(36)31(15-14-20(4)24(35)21(5)17-22-10-8-7-9-11-22)45-27(28(37)38)32(43,29(39)40)33(26,46-31)30(41)42/h7-13,18-19,21,24-27,35-36,43H,4,6,14-17H2,1-3,5H3,(H,37,38)(H,39,40)(H,41,42)/b13-12+/t18-,19+,21+,24-,25-,26-,27-,31+,32-,33+/m1/s1. The minimum absolute atomic E-state index is 0.108. The van der Waals surface area contributed by atoms with Crippen LogP contribution in [0.25, 0.3) is 0 Å². The van der Waals surface area contributed by atoms with Crippen LogP contribution in [0, 0.1) is 17.8 Å². The molecule has 2 aliphatic heterocycles. The molecule has 0 spiro atoms. The Morgan fingerprint density at radius 1 is 1.07 bits per heavy atom. The van der Waals surface area contributed by atoms with E-state index in [1.807, 2.05) is 51.1 Å². The summed E-state index contributed by atoms with van der Waals surface area (Å²) < 4.78 is 16.3. The van der Waals surface area contributed by atoms with Crippen molar-refractivity contribution >= 4 is 23.9 Å². The third-order valence-electron chi connectivity index (χ3n) is 9.03. The fourth-order valence-electron chi connectivity index (χ4n) is 6.22. The van der Waals surface area contributed by atoms with Crippen molar-refractivity contribution in [2.24, 2.45) is 17.8 Å². The van der Waals surface area contributed by atoms with E-state index >= 15 is 0 Å². The molecule has 2 bridgehead atoms. The Labute approximate surface area is 267 Å². The lowest BCUT2D eigenvalue weighted by Crippen LogP contribution is -2.78. The van der Waals surface area contributed by atoms with E-state index in [4.69, 9.17) is 14.2 Å². The molecule has 1 aromatic rings. The summed E-state index contributed by atoms with van der Waals surface area (Å²) in [6.07, 6.45) is -4.84. The molecule has 2 heterocycles. The maximum Gasteiger partial charge on any atom is 0.344 e. The average Bonchev–Trinajstić information content (AvgIpc) is 3.22. The third-order valence-corrected chi connectivity index (χ3v) is 9.03. The molecular weight excluding hydrogens is 604 g/mol. The first-order valence-electron chi connectivity index (χ1n) is 15.2. The second-order valence-electron chi connectivity index (χ2n) is 12.5. The van der Waals surface area contributed by atoms with E-state index in [-0.39, 0.29) is 23.8 Å². The van der Waals surface area contributed by atoms with Gasteiger partial charge in [0.15, 0.2) is 6.10 Å². The van der Waals surface area contributed by atoms with Gasteiger partial charge in [0.05, 0.1) is 6.10 Å². The zero-order valence-electron chi connectivity index (χ0n) is 26.4. The summed E-state index contributed by atoms with van der Waals surface area (Å²) >= 11 is 0. The van der Waals surface area contributed by atoms with Gasteiger partial charge in [-0.2, -0.15) is 0 Å². The average molecular weight is 649 g/mol. The highest BCUT2D eigenvalue weighted by Crippen LogP contribution is 2.55. The van der Waals surface area contributed by atoms with Gasteiger partial charge in [-0.15, -0.1) is 0 Å². The molecule has 254 valence electrons. The molecule has 0 amide bonds. The van der Waals surface area contributed by atoms with E-state index < -0.39 is 71.7 Å². The summed E-state index contributed by atoms with van der Waals surface area (Å²) in [5.74, 6) is -10.6. The summed E-state index contributed by atoms with van der Waals surface area (Å²) in [5, 5.41) is 64.1. The van der Waals surface area contributed by atoms with Crippen molar-refractivity contribution in [3.63, 3.8) is 0 Å². The fraction of sp³-hybridized carbons (Fsp3) is 0.576. The molecule has 1 aromatic carbocycles. The first kappa shape index (κ1) is 36.8. The second-order valence-corrected chi connectivity index (χ2v) is 12.5. The van der Waals surface area contributed by atoms with Gasteiger partial charge >= 0.3 is 23.9 Å². The number of ether oxygens (including phenoxy) is 3. The molecule has 13 nitrogen and oxygen atoms in total. The molecule has 2 fully saturated rings. The summed E-state index contributed by atoms with van der Waals surface area (Å²) in [5.41, 5.74) is -6.25. The molecule has 0 aliphatic carbocycles. The number of aliphatic hydroxyl groups excluding tert-OH is 2. The lowest BCUT2D eigenvalue weighted by Gasteiger charge is -2.48. The largest absolute Gasteiger partial charge is 0.479 e. The highest BCUT2D eigenvalue weighted by atomic mass is 16.8. The number of carboxylic acid groups (broad SMARTS) is 3. The zero-order chi connectivity index (χ0) is 34.6. The van der Waals surface area contributed by atoms with Crippen LogP contribution < -0.4 is 0 Å². The predicted octanol–water partition coefficient (Wildman–Crippen LogP) is 2.31. The van der Waals surface area contributed by atoms with Crippen LogP contribution in [0.15, 0.2) is 54.6 Å². The van der Waals surface area contributed by atoms with Crippen LogP contribution in [0.3, 0.4) is 0 Å². The van der Waals surface area contributed by atoms with Crippen LogP contribution in [-0.2, 0) is 39.8 Å². The maximum absolute atomic E-state index is 12.9. The molecule has 13 heteroatoms. The number of rotatable bonds is 16. The van der Waals surface area contributed by atoms with Crippen molar-refractivity contribution in [3.8, 4) is 0 Å². The summed E-state index contributed by atoms with van der Waals surface area (Å²) in [6, 6.07) is 9.31. The Morgan fingerprint density at radius 3 is 2.24 bits per heavy atom. The Hall–Kier alpha value is -3.62. The Kier molecular flexibility index (Phi) is 11.6. The Balaban J connectivity index is 1.96.